The fourth-order valence-corrected chi connectivity index (χ4v) is 2.25. The van der Waals surface area contributed by atoms with Gasteiger partial charge in [-0.15, -0.1) is 0 Å². The van der Waals surface area contributed by atoms with Gasteiger partial charge in [0, 0.05) is 12.6 Å². The van der Waals surface area contributed by atoms with Crippen molar-refractivity contribution in [3.63, 3.8) is 0 Å². The molecule has 0 atom stereocenters. The Labute approximate surface area is 112 Å². The molecule has 1 aromatic carbocycles. The number of aryl methyl sites for hydroxylation is 3. The van der Waals surface area contributed by atoms with Gasteiger partial charge in [-0.05, 0) is 43.5 Å². The monoisotopic (exact) mass is 256 g/mol. The number of carboxylic acids is 1. The molecule has 4 nitrogen and oxygen atoms in total. The summed E-state index contributed by atoms with van der Waals surface area (Å²) in [6.45, 7) is 6.16. The van der Waals surface area contributed by atoms with E-state index in [1.807, 2.05) is 0 Å². The Morgan fingerprint density at radius 1 is 1.21 bits per heavy atom. The average Bonchev–Trinajstić information content (AvgIpc) is 2.34. The van der Waals surface area contributed by atoms with Crippen LogP contribution in [0.4, 0.5) is 0 Å². The van der Waals surface area contributed by atoms with E-state index < -0.39 is 5.97 Å². The Hall–Kier alpha value is -2.23. The smallest absolute Gasteiger partial charge is 0.354 e. The molecule has 1 heterocycles. The van der Waals surface area contributed by atoms with E-state index in [4.69, 9.17) is 5.11 Å². The number of hydrogen-bond acceptors (Lipinski definition) is 3. The highest BCUT2D eigenvalue weighted by Crippen LogP contribution is 2.18. The van der Waals surface area contributed by atoms with Gasteiger partial charge in [0.05, 0.1) is 0 Å². The second-order valence-electron chi connectivity index (χ2n) is 4.72. The van der Waals surface area contributed by atoms with Gasteiger partial charge in [-0.25, -0.2) is 14.8 Å². The molecule has 0 saturated heterocycles. The second kappa shape index (κ2) is 5.18. The number of rotatable bonds is 3. The average molecular weight is 256 g/mol. The first-order valence-corrected chi connectivity index (χ1v) is 6.09. The Balaban J connectivity index is 2.36. The van der Waals surface area contributed by atoms with Crippen LogP contribution in [0.25, 0.3) is 0 Å². The second-order valence-corrected chi connectivity index (χ2v) is 4.72. The summed E-state index contributed by atoms with van der Waals surface area (Å²) in [6.07, 6.45) is 2.05. The molecule has 0 aliphatic heterocycles. The van der Waals surface area contributed by atoms with E-state index in [9.17, 15) is 4.79 Å². The van der Waals surface area contributed by atoms with Crippen LogP contribution in [0.5, 0.6) is 0 Å². The summed E-state index contributed by atoms with van der Waals surface area (Å²) in [7, 11) is 0. The maximum absolute atomic E-state index is 10.9. The highest BCUT2D eigenvalue weighted by atomic mass is 16.4. The van der Waals surface area contributed by atoms with Crippen LogP contribution in [0.1, 0.15) is 38.6 Å². The predicted octanol–water partition coefficient (Wildman–Crippen LogP) is 2.69. The summed E-state index contributed by atoms with van der Waals surface area (Å²) in [5.74, 6) is -0.490. The quantitative estimate of drug-likeness (QED) is 0.917. The Kier molecular flexibility index (Phi) is 3.60. The van der Waals surface area contributed by atoms with Crippen molar-refractivity contribution in [2.45, 2.75) is 27.2 Å². The number of carboxylic acid groups (broad SMARTS) is 1. The van der Waals surface area contributed by atoms with Gasteiger partial charge in [0.25, 0.3) is 0 Å². The molecule has 0 radical (unpaired) electrons. The normalized spacial score (nSPS) is 10.5. The number of hydrogen-bond donors (Lipinski definition) is 1. The molecule has 0 bridgehead atoms. The van der Waals surface area contributed by atoms with Gasteiger partial charge >= 0.3 is 5.97 Å². The summed E-state index contributed by atoms with van der Waals surface area (Å²) in [6, 6.07) is 5.63. The molecule has 0 aliphatic rings. The molecule has 98 valence electrons. The molecule has 1 aromatic heterocycles. The van der Waals surface area contributed by atoms with Crippen molar-refractivity contribution in [1.82, 2.24) is 9.97 Å². The van der Waals surface area contributed by atoms with Gasteiger partial charge < -0.3 is 5.11 Å². The molecule has 0 fully saturated rings. The summed E-state index contributed by atoms with van der Waals surface area (Å²) in [4.78, 5) is 19.1. The topological polar surface area (TPSA) is 63.1 Å². The fourth-order valence-electron chi connectivity index (χ4n) is 2.25. The summed E-state index contributed by atoms with van der Waals surface area (Å²) in [5, 5.41) is 8.93. The van der Waals surface area contributed by atoms with Crippen LogP contribution in [0, 0.1) is 20.8 Å². The summed E-state index contributed by atoms with van der Waals surface area (Å²) >= 11 is 0. The maximum Gasteiger partial charge on any atom is 0.354 e. The molecule has 2 aromatic rings. The largest absolute Gasteiger partial charge is 0.477 e. The third-order valence-corrected chi connectivity index (χ3v) is 3.10. The van der Waals surface area contributed by atoms with Gasteiger partial charge in [0.15, 0.2) is 5.69 Å². The van der Waals surface area contributed by atoms with E-state index in [-0.39, 0.29) is 5.69 Å². The van der Waals surface area contributed by atoms with Gasteiger partial charge in [-0.2, -0.15) is 0 Å². The number of aromatic nitrogens is 2. The first kappa shape index (κ1) is 13.2. The van der Waals surface area contributed by atoms with Crippen LogP contribution >= 0.6 is 0 Å². The number of benzene rings is 1. The number of aromatic carboxylic acids is 1. The molecule has 0 saturated carbocycles. The van der Waals surface area contributed by atoms with Crippen molar-refractivity contribution in [3.05, 3.63) is 58.2 Å². The molecule has 19 heavy (non-hydrogen) atoms. The van der Waals surface area contributed by atoms with Crippen molar-refractivity contribution < 1.29 is 9.90 Å². The first-order chi connectivity index (χ1) is 8.97. The highest BCUT2D eigenvalue weighted by molar-refractivity contribution is 5.85. The lowest BCUT2D eigenvalue weighted by Gasteiger charge is -2.10. The van der Waals surface area contributed by atoms with E-state index in [1.165, 1.54) is 29.0 Å². The minimum atomic E-state index is -1.03. The zero-order chi connectivity index (χ0) is 14.0. The van der Waals surface area contributed by atoms with E-state index in [0.717, 1.165) is 5.56 Å². The van der Waals surface area contributed by atoms with Crippen LogP contribution in [0.3, 0.4) is 0 Å². The molecule has 1 N–H and O–H groups in total. The van der Waals surface area contributed by atoms with Crippen LogP contribution in [0.2, 0.25) is 0 Å². The minimum Gasteiger partial charge on any atom is -0.477 e. The SMILES string of the molecule is Cc1cc(C)c(Cc2nccc(C(=O)O)n2)c(C)c1. The fraction of sp³-hybridized carbons (Fsp3) is 0.267. The highest BCUT2D eigenvalue weighted by Gasteiger charge is 2.10. The van der Waals surface area contributed by atoms with Crippen LogP contribution < -0.4 is 0 Å². The van der Waals surface area contributed by atoms with Crippen molar-refractivity contribution >= 4 is 5.97 Å². The lowest BCUT2D eigenvalue weighted by molar-refractivity contribution is 0.0690. The van der Waals surface area contributed by atoms with E-state index in [2.05, 4.69) is 42.9 Å². The Morgan fingerprint density at radius 3 is 2.42 bits per heavy atom. The standard InChI is InChI=1S/C15H16N2O2/c1-9-6-10(2)12(11(3)7-9)8-14-16-5-4-13(17-14)15(18)19/h4-7H,8H2,1-3H3,(H,18,19). The number of nitrogens with zero attached hydrogens (tertiary/aromatic N) is 2. The molecule has 0 amide bonds. The zero-order valence-corrected chi connectivity index (χ0v) is 11.3. The molecular weight excluding hydrogens is 240 g/mol. The minimum absolute atomic E-state index is 0.0346. The Bertz CT molecular complexity index is 613. The van der Waals surface area contributed by atoms with Crippen LogP contribution in [0.15, 0.2) is 24.4 Å². The molecule has 4 heteroatoms. The van der Waals surface area contributed by atoms with Crippen LogP contribution in [-0.2, 0) is 6.42 Å². The Morgan fingerprint density at radius 2 is 1.84 bits per heavy atom. The summed E-state index contributed by atoms with van der Waals surface area (Å²) < 4.78 is 0. The lowest BCUT2D eigenvalue weighted by Crippen LogP contribution is -2.06. The van der Waals surface area contributed by atoms with Gasteiger partial charge in [-0.1, -0.05) is 17.7 Å². The van der Waals surface area contributed by atoms with Crippen LogP contribution in [-0.4, -0.2) is 21.0 Å². The third kappa shape index (κ3) is 2.96. The third-order valence-electron chi connectivity index (χ3n) is 3.10. The van der Waals surface area contributed by atoms with Crippen molar-refractivity contribution in [2.75, 3.05) is 0 Å². The maximum atomic E-state index is 10.9. The molecular formula is C15H16N2O2. The van der Waals surface area contributed by atoms with Gasteiger partial charge in [-0.3, -0.25) is 0 Å². The van der Waals surface area contributed by atoms with E-state index in [0.29, 0.717) is 12.2 Å². The molecule has 0 spiro atoms. The van der Waals surface area contributed by atoms with Crippen molar-refractivity contribution in [3.8, 4) is 0 Å². The molecule has 2 rings (SSSR count). The van der Waals surface area contributed by atoms with E-state index >= 15 is 0 Å². The zero-order valence-electron chi connectivity index (χ0n) is 11.3. The predicted molar refractivity (Wildman–Crippen MR) is 72.5 cm³/mol. The van der Waals surface area contributed by atoms with Crippen molar-refractivity contribution in [1.29, 1.82) is 0 Å². The first-order valence-electron chi connectivity index (χ1n) is 6.09. The summed E-state index contributed by atoms with van der Waals surface area (Å²) in [5.41, 5.74) is 4.78. The number of carbonyl (C=O) groups is 1. The molecule has 0 unspecified atom stereocenters. The van der Waals surface area contributed by atoms with Gasteiger partial charge in [0.2, 0.25) is 0 Å². The van der Waals surface area contributed by atoms with Crippen molar-refractivity contribution in [2.24, 2.45) is 0 Å². The van der Waals surface area contributed by atoms with E-state index in [1.54, 1.807) is 0 Å². The molecule has 0 aliphatic carbocycles. The van der Waals surface area contributed by atoms with Gasteiger partial charge in [0.1, 0.15) is 5.82 Å². The lowest BCUT2D eigenvalue weighted by atomic mass is 9.97.